The van der Waals surface area contributed by atoms with Gasteiger partial charge in [0.05, 0.1) is 18.0 Å². The summed E-state index contributed by atoms with van der Waals surface area (Å²) in [5, 5.41) is 9.11. The lowest BCUT2D eigenvalue weighted by atomic mass is 10.0. The van der Waals surface area contributed by atoms with Crippen molar-refractivity contribution in [3.05, 3.63) is 36.2 Å². The van der Waals surface area contributed by atoms with Gasteiger partial charge in [0.15, 0.2) is 0 Å². The van der Waals surface area contributed by atoms with Crippen molar-refractivity contribution < 1.29 is 0 Å². The number of nitriles is 1. The van der Waals surface area contributed by atoms with Gasteiger partial charge in [-0.15, -0.1) is 0 Å². The molecule has 0 saturated heterocycles. The summed E-state index contributed by atoms with van der Waals surface area (Å²) in [4.78, 5) is 4.35. The molecule has 0 aliphatic rings. The van der Waals surface area contributed by atoms with Crippen molar-refractivity contribution >= 4 is 5.82 Å². The zero-order chi connectivity index (χ0) is 13.3. The molecule has 2 aromatic rings. The van der Waals surface area contributed by atoms with E-state index < -0.39 is 0 Å². The Morgan fingerprint density at radius 3 is 2.50 bits per heavy atom. The molecule has 0 atom stereocenters. The first-order chi connectivity index (χ1) is 8.45. The van der Waals surface area contributed by atoms with E-state index in [0.29, 0.717) is 17.1 Å². The van der Waals surface area contributed by atoms with Gasteiger partial charge in [-0.25, -0.2) is 4.98 Å². The summed E-state index contributed by atoms with van der Waals surface area (Å²) in [7, 11) is 0. The molecule has 0 radical (unpaired) electrons. The lowest BCUT2D eigenvalue weighted by molar-refractivity contribution is 0.402. The van der Waals surface area contributed by atoms with E-state index in [1.54, 1.807) is 12.4 Å². The number of nitrogen functional groups attached to an aromatic ring is 1. The zero-order valence-corrected chi connectivity index (χ0v) is 10.8. The third kappa shape index (κ3) is 1.95. The second-order valence-corrected chi connectivity index (χ2v) is 5.18. The highest BCUT2D eigenvalue weighted by atomic mass is 15.2. The van der Waals surface area contributed by atoms with Crippen molar-refractivity contribution in [2.45, 2.75) is 26.3 Å². The summed E-state index contributed by atoms with van der Waals surface area (Å²) in [5.41, 5.74) is 8.04. The summed E-state index contributed by atoms with van der Waals surface area (Å²) in [6, 6.07) is 9.51. The number of rotatable bonds is 1. The van der Waals surface area contributed by atoms with E-state index in [1.807, 2.05) is 22.8 Å². The minimum absolute atomic E-state index is 0.128. The number of imidazole rings is 1. The minimum Gasteiger partial charge on any atom is -0.383 e. The molecule has 0 saturated carbocycles. The second-order valence-electron chi connectivity index (χ2n) is 5.18. The summed E-state index contributed by atoms with van der Waals surface area (Å²) in [6.45, 7) is 6.18. The van der Waals surface area contributed by atoms with E-state index in [9.17, 15) is 0 Å². The Hall–Kier alpha value is -2.28. The van der Waals surface area contributed by atoms with E-state index >= 15 is 0 Å². The van der Waals surface area contributed by atoms with E-state index in [4.69, 9.17) is 11.0 Å². The van der Waals surface area contributed by atoms with E-state index in [1.165, 1.54) is 0 Å². The van der Waals surface area contributed by atoms with Gasteiger partial charge in [-0.3, -0.25) is 0 Å². The predicted molar refractivity (Wildman–Crippen MR) is 71.8 cm³/mol. The molecule has 1 aromatic carbocycles. The molecule has 92 valence electrons. The Balaban J connectivity index is 2.61. The quantitative estimate of drug-likeness (QED) is 0.833. The molecule has 0 aliphatic carbocycles. The van der Waals surface area contributed by atoms with Crippen molar-refractivity contribution in [2.75, 3.05) is 5.73 Å². The highest BCUT2D eigenvalue weighted by Gasteiger charge is 2.20. The molecule has 18 heavy (non-hydrogen) atoms. The molecular weight excluding hydrogens is 224 g/mol. The maximum absolute atomic E-state index is 9.11. The van der Waals surface area contributed by atoms with Crippen LogP contribution < -0.4 is 5.73 Å². The van der Waals surface area contributed by atoms with E-state index in [2.05, 4.69) is 31.8 Å². The van der Waals surface area contributed by atoms with Crippen LogP contribution in [0.15, 0.2) is 30.6 Å². The van der Waals surface area contributed by atoms with E-state index in [-0.39, 0.29) is 5.54 Å². The molecule has 0 unspecified atom stereocenters. The maximum atomic E-state index is 9.11. The molecule has 2 rings (SSSR count). The van der Waals surface area contributed by atoms with Crippen LogP contribution in [0.3, 0.4) is 0 Å². The van der Waals surface area contributed by atoms with Crippen LogP contribution in [0.5, 0.6) is 0 Å². The molecule has 1 aromatic heterocycles. The zero-order valence-electron chi connectivity index (χ0n) is 10.8. The third-order valence-corrected chi connectivity index (χ3v) is 2.83. The Labute approximate surface area is 107 Å². The largest absolute Gasteiger partial charge is 0.383 e. The van der Waals surface area contributed by atoms with Crippen molar-refractivity contribution in [1.82, 2.24) is 9.55 Å². The van der Waals surface area contributed by atoms with Crippen LogP contribution in [0, 0.1) is 11.3 Å². The lowest BCUT2D eigenvalue weighted by Gasteiger charge is -2.22. The molecular formula is C14H16N4. The van der Waals surface area contributed by atoms with Crippen LogP contribution in [0.4, 0.5) is 5.82 Å². The Morgan fingerprint density at radius 1 is 1.28 bits per heavy atom. The third-order valence-electron chi connectivity index (χ3n) is 2.83. The maximum Gasteiger partial charge on any atom is 0.132 e. The van der Waals surface area contributed by atoms with Crippen molar-refractivity contribution in [3.8, 4) is 17.3 Å². The normalized spacial score (nSPS) is 11.2. The fourth-order valence-corrected chi connectivity index (χ4v) is 1.89. The van der Waals surface area contributed by atoms with Crippen molar-refractivity contribution in [3.63, 3.8) is 0 Å². The van der Waals surface area contributed by atoms with Gasteiger partial charge in [0.2, 0.25) is 0 Å². The van der Waals surface area contributed by atoms with Crippen LogP contribution in [-0.2, 0) is 5.54 Å². The van der Waals surface area contributed by atoms with Crippen LogP contribution in [0.2, 0.25) is 0 Å². The van der Waals surface area contributed by atoms with Gasteiger partial charge in [-0.2, -0.15) is 5.26 Å². The smallest absolute Gasteiger partial charge is 0.132 e. The highest BCUT2D eigenvalue weighted by molar-refractivity contribution is 5.75. The van der Waals surface area contributed by atoms with Gasteiger partial charge in [-0.05, 0) is 26.8 Å². The van der Waals surface area contributed by atoms with Gasteiger partial charge in [0.25, 0.3) is 0 Å². The minimum atomic E-state index is -0.128. The van der Waals surface area contributed by atoms with Gasteiger partial charge in [-0.1, -0.05) is 18.2 Å². The fourth-order valence-electron chi connectivity index (χ4n) is 1.89. The summed E-state index contributed by atoms with van der Waals surface area (Å²) in [5.74, 6) is 0.588. The van der Waals surface area contributed by atoms with Gasteiger partial charge < -0.3 is 10.3 Å². The monoisotopic (exact) mass is 240 g/mol. The molecule has 0 aliphatic heterocycles. The first-order valence-electron chi connectivity index (χ1n) is 5.78. The number of nitrogens with two attached hydrogens (primary N) is 1. The Kier molecular flexibility index (Phi) is 2.84. The Morgan fingerprint density at radius 2 is 1.94 bits per heavy atom. The first-order valence-corrected chi connectivity index (χ1v) is 5.78. The first kappa shape index (κ1) is 12.2. The SMILES string of the molecule is CC(C)(C)n1cnc(-c2ccccc2C#N)c1N. The number of aromatic nitrogens is 2. The molecule has 2 N–H and O–H groups in total. The van der Waals surface area contributed by atoms with Crippen LogP contribution in [0.1, 0.15) is 26.3 Å². The number of benzene rings is 1. The van der Waals surface area contributed by atoms with Crippen LogP contribution in [0.25, 0.3) is 11.3 Å². The average Bonchev–Trinajstić information content (AvgIpc) is 2.70. The predicted octanol–water partition coefficient (Wildman–Crippen LogP) is 2.76. The Bertz CT molecular complexity index is 611. The number of hydrogen-bond donors (Lipinski definition) is 1. The summed E-state index contributed by atoms with van der Waals surface area (Å²) >= 11 is 0. The molecule has 0 amide bonds. The molecule has 4 nitrogen and oxygen atoms in total. The molecule has 0 fully saturated rings. The molecule has 0 bridgehead atoms. The number of hydrogen-bond acceptors (Lipinski definition) is 3. The molecule has 1 heterocycles. The highest BCUT2D eigenvalue weighted by Crippen LogP contribution is 2.30. The van der Waals surface area contributed by atoms with Gasteiger partial charge in [0.1, 0.15) is 11.5 Å². The summed E-state index contributed by atoms with van der Waals surface area (Å²) in [6.07, 6.45) is 1.72. The molecule has 0 spiro atoms. The molecule has 4 heteroatoms. The van der Waals surface area contributed by atoms with Gasteiger partial charge >= 0.3 is 0 Å². The fraction of sp³-hybridized carbons (Fsp3) is 0.286. The van der Waals surface area contributed by atoms with Crippen molar-refractivity contribution in [2.24, 2.45) is 0 Å². The lowest BCUT2D eigenvalue weighted by Crippen LogP contribution is -2.22. The standard InChI is InChI=1S/C14H16N4/c1-14(2,3)18-9-17-12(13(18)16)11-7-5-4-6-10(11)8-15/h4-7,9H,16H2,1-3H3. The van der Waals surface area contributed by atoms with Crippen LogP contribution in [-0.4, -0.2) is 9.55 Å². The second kappa shape index (κ2) is 4.19. The topological polar surface area (TPSA) is 67.6 Å². The average molecular weight is 240 g/mol. The van der Waals surface area contributed by atoms with Crippen molar-refractivity contribution in [1.29, 1.82) is 5.26 Å². The number of nitrogens with zero attached hydrogens (tertiary/aromatic N) is 3. The van der Waals surface area contributed by atoms with Gasteiger partial charge in [0, 0.05) is 11.1 Å². The summed E-state index contributed by atoms with van der Waals surface area (Å²) < 4.78 is 1.91. The van der Waals surface area contributed by atoms with E-state index in [0.717, 1.165) is 5.56 Å². The number of anilines is 1. The van der Waals surface area contributed by atoms with Crippen LogP contribution >= 0.6 is 0 Å².